The smallest absolute Gasteiger partial charge is 0.254 e. The maximum absolute atomic E-state index is 13.2. The number of ether oxygens (including phenoxy) is 2. The molecule has 2 heterocycles. The second kappa shape index (κ2) is 7.33. The van der Waals surface area contributed by atoms with Crippen LogP contribution in [0.3, 0.4) is 0 Å². The van der Waals surface area contributed by atoms with Gasteiger partial charge in [0.2, 0.25) is 0 Å². The summed E-state index contributed by atoms with van der Waals surface area (Å²) in [6, 6.07) is 7.63. The summed E-state index contributed by atoms with van der Waals surface area (Å²) in [5.41, 5.74) is 1.20. The topological polar surface area (TPSA) is 69.5 Å². The van der Waals surface area contributed by atoms with Crippen molar-refractivity contribution < 1.29 is 14.3 Å². The Kier molecular flexibility index (Phi) is 5.15. The van der Waals surface area contributed by atoms with E-state index in [1.807, 2.05) is 43.0 Å². The van der Waals surface area contributed by atoms with Gasteiger partial charge < -0.3 is 14.4 Å². The predicted octanol–water partition coefficient (Wildman–Crippen LogP) is 1.59. The number of nitrogens with zero attached hydrogens (tertiary/aromatic N) is 4. The Morgan fingerprint density at radius 3 is 2.92 bits per heavy atom. The van der Waals surface area contributed by atoms with Crippen molar-refractivity contribution >= 4 is 5.91 Å². The van der Waals surface area contributed by atoms with Crippen LogP contribution >= 0.6 is 0 Å². The Hall–Kier alpha value is -2.25. The number of aromatic nitrogens is 3. The van der Waals surface area contributed by atoms with E-state index in [1.165, 1.54) is 6.33 Å². The number of hydrogen-bond acceptors (Lipinski definition) is 5. The van der Waals surface area contributed by atoms with Crippen molar-refractivity contribution in [1.29, 1.82) is 0 Å². The van der Waals surface area contributed by atoms with E-state index in [0.29, 0.717) is 31.8 Å². The Balaban J connectivity index is 1.82. The largest absolute Gasteiger partial charge is 0.382 e. The first-order chi connectivity index (χ1) is 12.0. The quantitative estimate of drug-likeness (QED) is 0.824. The van der Waals surface area contributed by atoms with Gasteiger partial charge in [-0.3, -0.25) is 4.79 Å². The Labute approximate surface area is 147 Å². The fourth-order valence-corrected chi connectivity index (χ4v) is 3.25. The normalized spacial score (nSPS) is 19.8. The summed E-state index contributed by atoms with van der Waals surface area (Å²) in [7, 11) is 1.64. The third-order valence-electron chi connectivity index (χ3n) is 4.17. The molecule has 0 unspecified atom stereocenters. The van der Waals surface area contributed by atoms with E-state index in [1.54, 1.807) is 18.1 Å². The highest BCUT2D eigenvalue weighted by atomic mass is 16.5. The van der Waals surface area contributed by atoms with Crippen LogP contribution in [0, 0.1) is 0 Å². The molecule has 2 aromatic rings. The highest BCUT2D eigenvalue weighted by Gasteiger charge is 2.36. The molecule has 1 amide bonds. The zero-order valence-electron chi connectivity index (χ0n) is 14.9. The van der Waals surface area contributed by atoms with Crippen LogP contribution < -0.4 is 0 Å². The molecule has 1 fully saturated rings. The number of methoxy groups -OCH3 is 1. The van der Waals surface area contributed by atoms with E-state index in [9.17, 15) is 4.79 Å². The van der Waals surface area contributed by atoms with Crippen molar-refractivity contribution in [3.8, 4) is 0 Å². The van der Waals surface area contributed by atoms with Gasteiger partial charge >= 0.3 is 0 Å². The van der Waals surface area contributed by atoms with E-state index in [-0.39, 0.29) is 12.0 Å². The fourth-order valence-electron chi connectivity index (χ4n) is 3.25. The Morgan fingerprint density at radius 2 is 2.20 bits per heavy atom. The van der Waals surface area contributed by atoms with Crippen molar-refractivity contribution in [2.24, 2.45) is 0 Å². The average molecular weight is 344 g/mol. The number of hydrogen-bond donors (Lipinski definition) is 0. The number of amides is 1. The number of morpholine rings is 1. The van der Waals surface area contributed by atoms with Crippen LogP contribution in [0.1, 0.15) is 29.8 Å². The van der Waals surface area contributed by atoms with Crippen LogP contribution in [0.4, 0.5) is 0 Å². The zero-order chi connectivity index (χ0) is 17.9. The lowest BCUT2D eigenvalue weighted by Gasteiger charge is -2.42. The average Bonchev–Trinajstić information content (AvgIpc) is 3.06. The first kappa shape index (κ1) is 17.6. The lowest BCUT2D eigenvalue weighted by Crippen LogP contribution is -2.55. The molecule has 1 aromatic carbocycles. The lowest BCUT2D eigenvalue weighted by atomic mass is 10.0. The van der Waals surface area contributed by atoms with Gasteiger partial charge in [0.15, 0.2) is 0 Å². The number of benzene rings is 1. The lowest BCUT2D eigenvalue weighted by molar-refractivity contribution is -0.143. The van der Waals surface area contributed by atoms with E-state index >= 15 is 0 Å². The van der Waals surface area contributed by atoms with Crippen LogP contribution in [0.25, 0.3) is 0 Å². The summed E-state index contributed by atoms with van der Waals surface area (Å²) in [6.45, 7) is 6.04. The minimum absolute atomic E-state index is 0.00759. The molecular formula is C18H24N4O3. The summed E-state index contributed by atoms with van der Waals surface area (Å²) < 4.78 is 12.9. The maximum atomic E-state index is 13.2. The van der Waals surface area contributed by atoms with E-state index in [2.05, 4.69) is 10.1 Å². The van der Waals surface area contributed by atoms with Crippen LogP contribution in [0.2, 0.25) is 0 Å². The molecule has 3 rings (SSSR count). The van der Waals surface area contributed by atoms with Crippen LogP contribution in [-0.4, -0.2) is 64.1 Å². The monoisotopic (exact) mass is 344 g/mol. The first-order valence-corrected chi connectivity index (χ1v) is 8.35. The van der Waals surface area contributed by atoms with Crippen molar-refractivity contribution in [3.05, 3.63) is 48.0 Å². The van der Waals surface area contributed by atoms with Gasteiger partial charge in [0, 0.05) is 25.8 Å². The van der Waals surface area contributed by atoms with E-state index in [4.69, 9.17) is 9.47 Å². The number of carbonyl (C=O) groups excluding carboxylic acids is 1. The summed E-state index contributed by atoms with van der Waals surface area (Å²) in [5.74, 6) is 0.00759. The molecule has 7 heteroatoms. The highest BCUT2D eigenvalue weighted by Crippen LogP contribution is 2.24. The molecule has 0 saturated carbocycles. The molecule has 134 valence electrons. The molecule has 1 saturated heterocycles. The van der Waals surface area contributed by atoms with Gasteiger partial charge in [-0.05, 0) is 25.5 Å². The van der Waals surface area contributed by atoms with Gasteiger partial charge in [-0.2, -0.15) is 5.10 Å². The predicted molar refractivity (Wildman–Crippen MR) is 92.3 cm³/mol. The molecule has 1 aromatic heterocycles. The number of carbonyl (C=O) groups is 1. The minimum Gasteiger partial charge on any atom is -0.382 e. The minimum atomic E-state index is -0.405. The molecule has 0 radical (unpaired) electrons. The first-order valence-electron chi connectivity index (χ1n) is 8.35. The molecule has 1 aliphatic rings. The van der Waals surface area contributed by atoms with Crippen molar-refractivity contribution in [1.82, 2.24) is 19.7 Å². The van der Waals surface area contributed by atoms with Crippen molar-refractivity contribution in [3.63, 3.8) is 0 Å². The molecule has 25 heavy (non-hydrogen) atoms. The molecule has 7 nitrogen and oxygen atoms in total. The van der Waals surface area contributed by atoms with Gasteiger partial charge in [0.1, 0.15) is 12.7 Å². The van der Waals surface area contributed by atoms with Crippen molar-refractivity contribution in [2.45, 2.75) is 32.1 Å². The molecule has 0 N–H and O–H groups in total. The van der Waals surface area contributed by atoms with Gasteiger partial charge in [-0.25, -0.2) is 9.67 Å². The molecular weight excluding hydrogens is 320 g/mol. The standard InChI is InChI=1S/C18H24N4O3/c1-18(2)11-21(9-15(25-18)10-24-3)17(23)16-7-5-4-6-14(16)8-22-13-19-12-20-22/h4-7,12-13,15H,8-11H2,1-3H3/t15-/m0/s1. The summed E-state index contributed by atoms with van der Waals surface area (Å²) in [4.78, 5) is 19.0. The second-order valence-electron chi connectivity index (χ2n) is 6.89. The molecule has 1 atom stereocenters. The fraction of sp³-hybridized carbons (Fsp3) is 0.500. The number of rotatable bonds is 5. The third kappa shape index (κ3) is 4.24. The van der Waals surface area contributed by atoms with E-state index in [0.717, 1.165) is 5.56 Å². The molecule has 0 bridgehead atoms. The van der Waals surface area contributed by atoms with Crippen LogP contribution in [0.5, 0.6) is 0 Å². The summed E-state index contributed by atoms with van der Waals surface area (Å²) >= 11 is 0. The molecule has 1 aliphatic heterocycles. The summed E-state index contributed by atoms with van der Waals surface area (Å²) in [6.07, 6.45) is 3.01. The van der Waals surface area contributed by atoms with E-state index < -0.39 is 5.60 Å². The highest BCUT2D eigenvalue weighted by molar-refractivity contribution is 5.95. The second-order valence-corrected chi connectivity index (χ2v) is 6.89. The molecule has 0 aliphatic carbocycles. The zero-order valence-corrected chi connectivity index (χ0v) is 14.9. The van der Waals surface area contributed by atoms with Gasteiger partial charge in [-0.15, -0.1) is 0 Å². The van der Waals surface area contributed by atoms with Gasteiger partial charge in [0.05, 0.1) is 24.9 Å². The van der Waals surface area contributed by atoms with Crippen LogP contribution in [0.15, 0.2) is 36.9 Å². The van der Waals surface area contributed by atoms with Gasteiger partial charge in [-0.1, -0.05) is 18.2 Å². The maximum Gasteiger partial charge on any atom is 0.254 e. The van der Waals surface area contributed by atoms with Crippen LogP contribution in [-0.2, 0) is 16.0 Å². The van der Waals surface area contributed by atoms with Crippen molar-refractivity contribution in [2.75, 3.05) is 26.8 Å². The Bertz CT molecular complexity index is 715. The van der Waals surface area contributed by atoms with Gasteiger partial charge in [0.25, 0.3) is 5.91 Å². The Morgan fingerprint density at radius 1 is 1.40 bits per heavy atom. The summed E-state index contributed by atoms with van der Waals surface area (Å²) in [5, 5.41) is 4.13. The third-order valence-corrected chi connectivity index (χ3v) is 4.17. The molecule has 0 spiro atoms. The SMILES string of the molecule is COC[C@@H]1CN(C(=O)c2ccccc2Cn2cncn2)CC(C)(C)O1.